The minimum atomic E-state index is -0.422. The zero-order valence-electron chi connectivity index (χ0n) is 10.6. The molecule has 0 aliphatic rings. The lowest BCUT2D eigenvalue weighted by molar-refractivity contribution is -0.126. The van der Waals surface area contributed by atoms with Gasteiger partial charge in [0.2, 0.25) is 0 Å². The number of para-hydroxylation sites is 1. The van der Waals surface area contributed by atoms with Gasteiger partial charge in [0, 0.05) is 19.6 Å². The molecule has 0 amide bonds. The van der Waals surface area contributed by atoms with Crippen LogP contribution in [0.4, 0.5) is 0 Å². The second-order valence-electron chi connectivity index (χ2n) is 3.91. The molecule has 0 fully saturated rings. The van der Waals surface area contributed by atoms with Crippen molar-refractivity contribution in [2.45, 2.75) is 12.3 Å². The van der Waals surface area contributed by atoms with Crippen LogP contribution >= 0.6 is 11.6 Å². The van der Waals surface area contributed by atoms with Crippen LogP contribution in [0.3, 0.4) is 0 Å². The lowest BCUT2D eigenvalue weighted by Gasteiger charge is -2.22. The summed E-state index contributed by atoms with van der Waals surface area (Å²) in [6, 6.07) is 7.39. The molecule has 1 aromatic heterocycles. The van der Waals surface area contributed by atoms with Crippen LogP contribution in [0.2, 0.25) is 5.02 Å². The Morgan fingerprint density at radius 2 is 2.00 bits per heavy atom. The van der Waals surface area contributed by atoms with Crippen molar-refractivity contribution in [1.29, 1.82) is 0 Å². The lowest BCUT2D eigenvalue weighted by atomic mass is 10.2. The van der Waals surface area contributed by atoms with Gasteiger partial charge in [0.15, 0.2) is 11.9 Å². The van der Waals surface area contributed by atoms with Crippen LogP contribution in [-0.4, -0.2) is 27.6 Å². The summed E-state index contributed by atoms with van der Waals surface area (Å²) in [7, 11) is 5.01. The maximum absolute atomic E-state index is 6.09. The third kappa shape index (κ3) is 2.37. The number of hydrogen-bond donors (Lipinski definition) is 1. The maximum atomic E-state index is 6.09. The standard InChI is InChI=1S/C13H16ClNO3/c1-15-11(13(16-2)17-3)10-7-8-5-4-6-9(14)12(8)18-10/h4-7,11,13,15H,1-3H3. The van der Waals surface area contributed by atoms with Crippen molar-refractivity contribution in [2.24, 2.45) is 0 Å². The zero-order chi connectivity index (χ0) is 13.1. The molecule has 1 N–H and O–H groups in total. The molecule has 0 saturated heterocycles. The van der Waals surface area contributed by atoms with E-state index in [1.54, 1.807) is 20.3 Å². The van der Waals surface area contributed by atoms with Crippen molar-refractivity contribution in [2.75, 3.05) is 21.3 Å². The molecular weight excluding hydrogens is 254 g/mol. The predicted molar refractivity (Wildman–Crippen MR) is 70.8 cm³/mol. The summed E-state index contributed by atoms with van der Waals surface area (Å²) in [5.74, 6) is 0.731. The van der Waals surface area contributed by atoms with Crippen LogP contribution in [0, 0.1) is 0 Å². The highest BCUT2D eigenvalue weighted by molar-refractivity contribution is 6.34. The van der Waals surface area contributed by atoms with E-state index in [2.05, 4.69) is 5.32 Å². The van der Waals surface area contributed by atoms with Crippen LogP contribution in [-0.2, 0) is 9.47 Å². The van der Waals surface area contributed by atoms with Crippen molar-refractivity contribution in [3.8, 4) is 0 Å². The molecular formula is C13H16ClNO3. The summed E-state index contributed by atoms with van der Waals surface area (Å²) in [5, 5.41) is 4.67. The number of rotatable bonds is 5. The molecule has 0 radical (unpaired) electrons. The Hall–Kier alpha value is -1.07. The monoisotopic (exact) mass is 269 g/mol. The summed E-state index contributed by atoms with van der Waals surface area (Å²) in [5.41, 5.74) is 0.681. The molecule has 18 heavy (non-hydrogen) atoms. The highest BCUT2D eigenvalue weighted by Gasteiger charge is 2.25. The van der Waals surface area contributed by atoms with Gasteiger partial charge in [0.05, 0.1) is 5.02 Å². The first-order valence-electron chi connectivity index (χ1n) is 5.62. The number of ether oxygens (including phenoxy) is 2. The molecule has 1 heterocycles. The molecule has 98 valence electrons. The van der Waals surface area contributed by atoms with Gasteiger partial charge < -0.3 is 19.2 Å². The first-order valence-corrected chi connectivity index (χ1v) is 6.00. The van der Waals surface area contributed by atoms with E-state index in [-0.39, 0.29) is 6.04 Å². The molecule has 0 spiro atoms. The average molecular weight is 270 g/mol. The fraction of sp³-hybridized carbons (Fsp3) is 0.385. The van der Waals surface area contributed by atoms with Gasteiger partial charge in [-0.1, -0.05) is 23.7 Å². The van der Waals surface area contributed by atoms with Crippen LogP contribution in [0.15, 0.2) is 28.7 Å². The van der Waals surface area contributed by atoms with Crippen LogP contribution in [0.25, 0.3) is 11.0 Å². The van der Waals surface area contributed by atoms with Crippen molar-refractivity contribution >= 4 is 22.6 Å². The number of benzene rings is 1. The van der Waals surface area contributed by atoms with Crippen LogP contribution in [0.1, 0.15) is 11.8 Å². The van der Waals surface area contributed by atoms with Gasteiger partial charge in [-0.15, -0.1) is 0 Å². The molecule has 0 aliphatic heterocycles. The van der Waals surface area contributed by atoms with Crippen molar-refractivity contribution < 1.29 is 13.9 Å². The Morgan fingerprint density at radius 3 is 2.56 bits per heavy atom. The van der Waals surface area contributed by atoms with Gasteiger partial charge >= 0.3 is 0 Å². The van der Waals surface area contributed by atoms with E-state index in [0.29, 0.717) is 10.6 Å². The topological polar surface area (TPSA) is 43.6 Å². The number of halogens is 1. The van der Waals surface area contributed by atoms with E-state index < -0.39 is 6.29 Å². The van der Waals surface area contributed by atoms with Gasteiger partial charge in [-0.25, -0.2) is 0 Å². The largest absolute Gasteiger partial charge is 0.458 e. The third-order valence-corrected chi connectivity index (χ3v) is 3.17. The van der Waals surface area contributed by atoms with E-state index in [9.17, 15) is 0 Å². The SMILES string of the molecule is CNC(c1cc2cccc(Cl)c2o1)C(OC)OC. The molecule has 2 aromatic rings. The molecule has 0 saturated carbocycles. The van der Waals surface area contributed by atoms with E-state index in [4.69, 9.17) is 25.5 Å². The molecule has 1 aromatic carbocycles. The Morgan fingerprint density at radius 1 is 1.28 bits per heavy atom. The Bertz CT molecular complexity index is 522. The summed E-state index contributed by atoms with van der Waals surface area (Å²) < 4.78 is 16.3. The Balaban J connectivity index is 2.42. The number of likely N-dealkylation sites (N-methyl/N-ethyl adjacent to an activating group) is 1. The predicted octanol–water partition coefficient (Wildman–Crippen LogP) is 2.97. The molecule has 4 nitrogen and oxygen atoms in total. The minimum Gasteiger partial charge on any atom is -0.458 e. The highest BCUT2D eigenvalue weighted by Crippen LogP contribution is 2.30. The molecule has 5 heteroatoms. The Kier molecular flexibility index (Phi) is 4.24. The second kappa shape index (κ2) is 5.71. The van der Waals surface area contributed by atoms with E-state index in [1.807, 2.05) is 25.2 Å². The van der Waals surface area contributed by atoms with E-state index in [1.165, 1.54) is 0 Å². The van der Waals surface area contributed by atoms with Crippen LogP contribution in [0.5, 0.6) is 0 Å². The van der Waals surface area contributed by atoms with Crippen molar-refractivity contribution in [1.82, 2.24) is 5.32 Å². The van der Waals surface area contributed by atoms with Gasteiger partial charge in [-0.2, -0.15) is 0 Å². The first kappa shape index (κ1) is 13.4. The number of furan rings is 1. The fourth-order valence-corrected chi connectivity index (χ4v) is 2.20. The normalized spacial score (nSPS) is 13.4. The lowest BCUT2D eigenvalue weighted by Crippen LogP contribution is -2.32. The molecule has 2 rings (SSSR count). The second-order valence-corrected chi connectivity index (χ2v) is 4.32. The zero-order valence-corrected chi connectivity index (χ0v) is 11.3. The maximum Gasteiger partial charge on any atom is 0.179 e. The smallest absolute Gasteiger partial charge is 0.179 e. The summed E-state index contributed by atoms with van der Waals surface area (Å²) in [6.07, 6.45) is -0.422. The van der Waals surface area contributed by atoms with Gasteiger partial charge in [0.25, 0.3) is 0 Å². The molecule has 1 unspecified atom stereocenters. The third-order valence-electron chi connectivity index (χ3n) is 2.87. The quantitative estimate of drug-likeness (QED) is 0.848. The molecule has 0 bridgehead atoms. The average Bonchev–Trinajstić information content (AvgIpc) is 2.80. The summed E-state index contributed by atoms with van der Waals surface area (Å²) >= 11 is 6.09. The van der Waals surface area contributed by atoms with E-state index in [0.717, 1.165) is 11.1 Å². The number of nitrogens with one attached hydrogen (secondary N) is 1. The van der Waals surface area contributed by atoms with Crippen LogP contribution < -0.4 is 5.32 Å². The van der Waals surface area contributed by atoms with E-state index >= 15 is 0 Å². The van der Waals surface area contributed by atoms with Crippen molar-refractivity contribution in [3.05, 3.63) is 35.0 Å². The number of fused-ring (bicyclic) bond motifs is 1. The summed E-state index contributed by atoms with van der Waals surface area (Å²) in [6.45, 7) is 0. The minimum absolute atomic E-state index is 0.191. The van der Waals surface area contributed by atoms with Gasteiger partial charge in [-0.05, 0) is 19.2 Å². The van der Waals surface area contributed by atoms with Gasteiger partial charge in [-0.3, -0.25) is 0 Å². The van der Waals surface area contributed by atoms with Gasteiger partial charge in [0.1, 0.15) is 11.8 Å². The van der Waals surface area contributed by atoms with Crippen molar-refractivity contribution in [3.63, 3.8) is 0 Å². The number of methoxy groups -OCH3 is 2. The fourth-order valence-electron chi connectivity index (χ4n) is 1.98. The highest BCUT2D eigenvalue weighted by atomic mass is 35.5. The number of hydrogen-bond acceptors (Lipinski definition) is 4. The summed E-state index contributed by atoms with van der Waals surface area (Å²) in [4.78, 5) is 0. The Labute approximate surface area is 111 Å². The molecule has 0 aliphatic carbocycles. The molecule has 1 atom stereocenters. The first-order chi connectivity index (χ1) is 8.71.